The number of halogens is 6. The average molecular weight is 435 g/mol. The first-order chi connectivity index (χ1) is 13.4. The van der Waals surface area contributed by atoms with Gasteiger partial charge in [0.05, 0.1) is 5.56 Å². The summed E-state index contributed by atoms with van der Waals surface area (Å²) in [6.07, 6.45) is -5.63. The van der Waals surface area contributed by atoms with E-state index in [1.807, 2.05) is 11.4 Å². The maximum atomic E-state index is 13.0. The van der Waals surface area contributed by atoms with Gasteiger partial charge >= 0.3 is 12.4 Å². The number of aromatic nitrogens is 1. The highest BCUT2D eigenvalue weighted by atomic mass is 32.1. The number of fused-ring (bicyclic) bond motifs is 1. The molecule has 1 aromatic carbocycles. The summed E-state index contributed by atoms with van der Waals surface area (Å²) in [6, 6.07) is 8.12. The van der Waals surface area contributed by atoms with Gasteiger partial charge in [-0.2, -0.15) is 26.3 Å². The van der Waals surface area contributed by atoms with Crippen molar-refractivity contribution in [2.24, 2.45) is 0 Å². The zero-order chi connectivity index (χ0) is 21.8. The van der Waals surface area contributed by atoms with Crippen LogP contribution in [0.4, 0.5) is 26.3 Å². The Morgan fingerprint density at radius 1 is 1.00 bits per heavy atom. The minimum atomic E-state index is -4.32. The Morgan fingerprint density at radius 2 is 1.62 bits per heavy atom. The summed E-state index contributed by atoms with van der Waals surface area (Å²) in [5.41, 5.74) is 2.20. The van der Waals surface area contributed by atoms with Crippen LogP contribution in [0.15, 0.2) is 35.7 Å². The van der Waals surface area contributed by atoms with Crippen LogP contribution >= 0.6 is 11.3 Å². The van der Waals surface area contributed by atoms with E-state index >= 15 is 0 Å². The van der Waals surface area contributed by atoms with Crippen molar-refractivity contribution in [2.75, 3.05) is 0 Å². The average Bonchev–Trinajstić information content (AvgIpc) is 3.22. The Labute approximate surface area is 169 Å². The SMILES string of the molecule is CC(F)(F)F.CCC(CC)c1[nH]c2cc(C(F)(F)F)ccc2c1Cc1cccs1. The van der Waals surface area contributed by atoms with Crippen LogP contribution in [-0.4, -0.2) is 11.2 Å². The van der Waals surface area contributed by atoms with Crippen LogP contribution in [0.25, 0.3) is 10.9 Å². The van der Waals surface area contributed by atoms with Crippen molar-refractivity contribution in [3.8, 4) is 0 Å². The molecule has 0 aliphatic heterocycles. The van der Waals surface area contributed by atoms with Crippen molar-refractivity contribution in [2.45, 2.75) is 58.3 Å². The molecule has 3 rings (SSSR count). The summed E-state index contributed by atoms with van der Waals surface area (Å²) in [4.78, 5) is 4.52. The second-order valence-corrected chi connectivity index (χ2v) is 7.86. The monoisotopic (exact) mass is 435 g/mol. The van der Waals surface area contributed by atoms with Crippen LogP contribution in [0.5, 0.6) is 0 Å². The molecule has 0 aliphatic carbocycles. The molecule has 0 aliphatic rings. The molecule has 0 unspecified atom stereocenters. The molecule has 1 nitrogen and oxygen atoms in total. The van der Waals surface area contributed by atoms with E-state index in [1.165, 1.54) is 17.0 Å². The molecule has 160 valence electrons. The summed E-state index contributed by atoms with van der Waals surface area (Å²) in [5, 5.41) is 2.93. The van der Waals surface area contributed by atoms with Crippen molar-refractivity contribution in [1.29, 1.82) is 0 Å². The van der Waals surface area contributed by atoms with Crippen LogP contribution < -0.4 is 0 Å². The summed E-state index contributed by atoms with van der Waals surface area (Å²) in [6.45, 7) is 4.43. The minimum absolute atomic E-state index is 0.188. The van der Waals surface area contributed by atoms with Gasteiger partial charge in [-0.15, -0.1) is 11.3 Å². The molecule has 1 N–H and O–H groups in total. The lowest BCUT2D eigenvalue weighted by Gasteiger charge is -2.13. The van der Waals surface area contributed by atoms with Crippen LogP contribution in [0.3, 0.4) is 0 Å². The van der Waals surface area contributed by atoms with E-state index in [2.05, 4.69) is 24.9 Å². The number of aromatic amines is 1. The lowest BCUT2D eigenvalue weighted by Crippen LogP contribution is -2.04. The molecule has 0 radical (unpaired) electrons. The van der Waals surface area contributed by atoms with Crippen molar-refractivity contribution in [1.82, 2.24) is 4.98 Å². The molecule has 0 saturated carbocycles. The molecule has 2 aromatic heterocycles. The number of benzene rings is 1. The normalized spacial score (nSPS) is 12.3. The Morgan fingerprint density at radius 3 is 2.10 bits per heavy atom. The molecule has 0 bridgehead atoms. The topological polar surface area (TPSA) is 15.8 Å². The lowest BCUT2D eigenvalue weighted by atomic mass is 9.93. The van der Waals surface area contributed by atoms with E-state index < -0.39 is 17.9 Å². The molecule has 3 aromatic rings. The maximum Gasteiger partial charge on any atom is 0.416 e. The molecule has 2 heterocycles. The fraction of sp³-hybridized carbons (Fsp3) is 0.429. The molecule has 8 heteroatoms. The summed E-state index contributed by atoms with van der Waals surface area (Å²) >= 11 is 1.68. The van der Waals surface area contributed by atoms with Gasteiger partial charge in [0.25, 0.3) is 0 Å². The van der Waals surface area contributed by atoms with Gasteiger partial charge < -0.3 is 4.98 Å². The number of hydrogen-bond donors (Lipinski definition) is 1. The van der Waals surface area contributed by atoms with Gasteiger partial charge in [0.2, 0.25) is 0 Å². The highest BCUT2D eigenvalue weighted by molar-refractivity contribution is 7.09. The summed E-state index contributed by atoms with van der Waals surface area (Å²) in [7, 11) is 0. The lowest BCUT2D eigenvalue weighted by molar-refractivity contribution is -0.137. The highest BCUT2D eigenvalue weighted by Gasteiger charge is 2.31. The number of nitrogens with one attached hydrogen (secondary N) is 1. The number of rotatable bonds is 5. The van der Waals surface area contributed by atoms with Crippen molar-refractivity contribution >= 4 is 22.2 Å². The van der Waals surface area contributed by atoms with E-state index in [0.29, 0.717) is 11.4 Å². The molecule has 0 fully saturated rings. The number of alkyl halides is 6. The van der Waals surface area contributed by atoms with Crippen LogP contribution in [0, 0.1) is 0 Å². The first kappa shape index (κ1) is 23.3. The second-order valence-electron chi connectivity index (χ2n) is 6.83. The van der Waals surface area contributed by atoms with E-state index in [0.717, 1.165) is 35.9 Å². The molecular formula is C21H23F6NS. The Bertz CT molecular complexity index is 896. The molecule has 0 saturated heterocycles. The van der Waals surface area contributed by atoms with Gasteiger partial charge in [-0.3, -0.25) is 0 Å². The fourth-order valence-electron chi connectivity index (χ4n) is 3.28. The third-order valence-electron chi connectivity index (χ3n) is 4.59. The quantitative estimate of drug-likeness (QED) is 0.388. The molecule has 0 atom stereocenters. The Balaban J connectivity index is 0.000000537. The van der Waals surface area contributed by atoms with Crippen molar-refractivity contribution in [3.05, 3.63) is 57.4 Å². The van der Waals surface area contributed by atoms with Crippen LogP contribution in [0.2, 0.25) is 0 Å². The molecule has 29 heavy (non-hydrogen) atoms. The Kier molecular flexibility index (Phi) is 7.43. The van der Waals surface area contributed by atoms with Crippen LogP contribution in [0.1, 0.15) is 61.2 Å². The predicted molar refractivity (Wildman–Crippen MR) is 105 cm³/mol. The van der Waals surface area contributed by atoms with E-state index in [-0.39, 0.29) is 6.92 Å². The smallest absolute Gasteiger partial charge is 0.358 e. The molecule has 0 amide bonds. The van der Waals surface area contributed by atoms with Crippen LogP contribution in [-0.2, 0) is 12.6 Å². The van der Waals surface area contributed by atoms with E-state index in [9.17, 15) is 26.3 Å². The largest absolute Gasteiger partial charge is 0.416 e. The molecule has 0 spiro atoms. The predicted octanol–water partition coefficient (Wildman–Crippen LogP) is 8.31. The second kappa shape index (κ2) is 9.24. The summed E-state index contributed by atoms with van der Waals surface area (Å²) < 4.78 is 70.1. The minimum Gasteiger partial charge on any atom is -0.358 e. The Hall–Kier alpha value is -1.96. The van der Waals surface area contributed by atoms with Gasteiger partial charge in [-0.1, -0.05) is 26.0 Å². The number of thiophene rings is 1. The zero-order valence-corrected chi connectivity index (χ0v) is 17.2. The standard InChI is InChI=1S/C19H20F3NS.C2H3F3/c1-3-12(4-2)18-16(11-14-6-5-9-24-14)15-8-7-13(19(20,21)22)10-17(15)23-18;1-2(3,4)5/h5-10,12,23H,3-4,11H2,1-2H3;1H3. The van der Waals surface area contributed by atoms with Gasteiger partial charge in [0.15, 0.2) is 0 Å². The molecular weight excluding hydrogens is 412 g/mol. The van der Waals surface area contributed by atoms with Crippen molar-refractivity contribution < 1.29 is 26.3 Å². The highest BCUT2D eigenvalue weighted by Crippen LogP contribution is 2.37. The first-order valence-corrected chi connectivity index (χ1v) is 10.1. The third-order valence-corrected chi connectivity index (χ3v) is 5.47. The number of H-pyrrole nitrogens is 1. The van der Waals surface area contributed by atoms with Gasteiger partial charge in [0, 0.05) is 34.8 Å². The fourth-order valence-corrected chi connectivity index (χ4v) is 3.99. The third kappa shape index (κ3) is 6.52. The maximum absolute atomic E-state index is 13.0. The van der Waals surface area contributed by atoms with E-state index in [1.54, 1.807) is 17.4 Å². The van der Waals surface area contributed by atoms with E-state index in [4.69, 9.17) is 0 Å². The van der Waals surface area contributed by atoms with Gasteiger partial charge in [-0.25, -0.2) is 0 Å². The summed E-state index contributed by atoms with van der Waals surface area (Å²) in [5.74, 6) is 0.335. The van der Waals surface area contributed by atoms with Gasteiger partial charge in [0.1, 0.15) is 0 Å². The van der Waals surface area contributed by atoms with Crippen molar-refractivity contribution in [3.63, 3.8) is 0 Å². The first-order valence-electron chi connectivity index (χ1n) is 9.24. The van der Waals surface area contributed by atoms with Gasteiger partial charge in [-0.05, 0) is 47.9 Å². The number of hydrogen-bond acceptors (Lipinski definition) is 1. The zero-order valence-electron chi connectivity index (χ0n) is 16.3.